The lowest BCUT2D eigenvalue weighted by Gasteiger charge is -2.54. The van der Waals surface area contributed by atoms with Crippen LogP contribution in [-0.2, 0) is 4.79 Å². The van der Waals surface area contributed by atoms with Crippen molar-refractivity contribution in [2.45, 2.75) is 71.6 Å². The first-order valence-corrected chi connectivity index (χ1v) is 10.3. The standard InChI is InChI=1S/C22H34N2O2/c1-5-17(12-25)21(26)24-13-22(14-24)10-8-18(9-11-22)19-7-6-16(4)20(23-19)15(2)3/h6-7,15,17-18,25H,5,8-14H2,1-4H3/t17-/m1/s1. The molecule has 0 radical (unpaired) electrons. The fraction of sp³-hybridized carbons (Fsp3) is 0.727. The number of aromatic nitrogens is 1. The highest BCUT2D eigenvalue weighted by molar-refractivity contribution is 5.80. The zero-order chi connectivity index (χ0) is 18.9. The van der Waals surface area contributed by atoms with Crippen molar-refractivity contribution in [1.82, 2.24) is 9.88 Å². The second kappa shape index (κ2) is 7.67. The smallest absolute Gasteiger partial charge is 0.228 e. The predicted molar refractivity (Wildman–Crippen MR) is 104 cm³/mol. The molecule has 1 saturated carbocycles. The highest BCUT2D eigenvalue weighted by atomic mass is 16.3. The molecule has 0 unspecified atom stereocenters. The summed E-state index contributed by atoms with van der Waals surface area (Å²) in [5.74, 6) is 0.956. The van der Waals surface area contributed by atoms with Crippen molar-refractivity contribution < 1.29 is 9.90 Å². The molecule has 1 N–H and O–H groups in total. The Bertz CT molecular complexity index is 636. The topological polar surface area (TPSA) is 53.4 Å². The van der Waals surface area contributed by atoms with Gasteiger partial charge in [-0.05, 0) is 56.6 Å². The number of hydrogen-bond acceptors (Lipinski definition) is 3. The quantitative estimate of drug-likeness (QED) is 0.865. The average Bonchev–Trinajstić information content (AvgIpc) is 2.61. The summed E-state index contributed by atoms with van der Waals surface area (Å²) in [6, 6.07) is 4.44. The second-order valence-corrected chi connectivity index (χ2v) is 8.85. The number of rotatable bonds is 5. The summed E-state index contributed by atoms with van der Waals surface area (Å²) < 4.78 is 0. The van der Waals surface area contributed by atoms with Gasteiger partial charge in [0.05, 0.1) is 12.5 Å². The van der Waals surface area contributed by atoms with E-state index in [1.54, 1.807) is 0 Å². The minimum absolute atomic E-state index is 0.0296. The Kier molecular flexibility index (Phi) is 5.71. The molecule has 0 aromatic carbocycles. The SMILES string of the molecule is CC[C@H](CO)C(=O)N1CC2(CCC(c3ccc(C)c(C(C)C)n3)CC2)C1. The summed E-state index contributed by atoms with van der Waals surface area (Å²) in [6.45, 7) is 10.3. The molecule has 1 aromatic heterocycles. The first kappa shape index (κ1) is 19.3. The van der Waals surface area contributed by atoms with Crippen molar-refractivity contribution in [1.29, 1.82) is 0 Å². The molecule has 1 aliphatic heterocycles. The van der Waals surface area contributed by atoms with E-state index in [1.165, 1.54) is 42.6 Å². The zero-order valence-electron chi connectivity index (χ0n) is 16.8. The molecule has 1 atom stereocenters. The molecule has 1 spiro atoms. The fourth-order valence-corrected chi connectivity index (χ4v) is 4.77. The Morgan fingerprint density at radius 1 is 1.31 bits per heavy atom. The molecule has 4 heteroatoms. The Morgan fingerprint density at radius 3 is 2.50 bits per heavy atom. The molecule has 1 amide bonds. The van der Waals surface area contributed by atoms with Gasteiger partial charge in [0.15, 0.2) is 0 Å². The number of carbonyl (C=O) groups excluding carboxylic acids is 1. The monoisotopic (exact) mass is 358 g/mol. The maximum Gasteiger partial charge on any atom is 0.228 e. The van der Waals surface area contributed by atoms with Crippen LogP contribution in [0.15, 0.2) is 12.1 Å². The van der Waals surface area contributed by atoms with Crippen LogP contribution in [0, 0.1) is 18.3 Å². The van der Waals surface area contributed by atoms with Crippen LogP contribution in [0.25, 0.3) is 0 Å². The molecule has 0 bridgehead atoms. The van der Waals surface area contributed by atoms with Gasteiger partial charge in [0.1, 0.15) is 0 Å². The molecule has 4 nitrogen and oxygen atoms in total. The number of aliphatic hydroxyl groups is 1. The third-order valence-corrected chi connectivity index (χ3v) is 6.60. The minimum Gasteiger partial charge on any atom is -0.396 e. The minimum atomic E-state index is -0.213. The van der Waals surface area contributed by atoms with E-state index in [2.05, 4.69) is 32.9 Å². The number of aryl methyl sites for hydroxylation is 1. The molecule has 1 aliphatic carbocycles. The van der Waals surface area contributed by atoms with Crippen molar-refractivity contribution >= 4 is 5.91 Å². The van der Waals surface area contributed by atoms with Gasteiger partial charge in [0.25, 0.3) is 0 Å². The summed E-state index contributed by atoms with van der Waals surface area (Å²) in [6.07, 6.45) is 5.44. The number of pyridine rings is 1. The van der Waals surface area contributed by atoms with Crippen LogP contribution in [0.2, 0.25) is 0 Å². The maximum absolute atomic E-state index is 12.4. The van der Waals surface area contributed by atoms with Crippen molar-refractivity contribution in [2.24, 2.45) is 11.3 Å². The molecule has 1 aromatic rings. The van der Waals surface area contributed by atoms with E-state index in [-0.39, 0.29) is 18.4 Å². The molecule has 2 fully saturated rings. The highest BCUT2D eigenvalue weighted by Gasteiger charge is 2.47. The predicted octanol–water partition coefficient (Wildman–Crippen LogP) is 4.02. The molecular weight excluding hydrogens is 324 g/mol. The third-order valence-electron chi connectivity index (χ3n) is 6.60. The zero-order valence-corrected chi connectivity index (χ0v) is 16.8. The molecule has 3 rings (SSSR count). The highest BCUT2D eigenvalue weighted by Crippen LogP contribution is 2.48. The van der Waals surface area contributed by atoms with Crippen molar-refractivity contribution in [3.63, 3.8) is 0 Å². The average molecular weight is 359 g/mol. The van der Waals surface area contributed by atoms with Crippen LogP contribution in [-0.4, -0.2) is 40.6 Å². The van der Waals surface area contributed by atoms with E-state index in [4.69, 9.17) is 4.98 Å². The van der Waals surface area contributed by atoms with E-state index in [1.807, 2.05) is 11.8 Å². The lowest BCUT2D eigenvalue weighted by atomic mass is 9.65. The van der Waals surface area contributed by atoms with Crippen molar-refractivity contribution in [3.05, 3.63) is 29.1 Å². The third kappa shape index (κ3) is 3.66. The van der Waals surface area contributed by atoms with E-state index in [9.17, 15) is 9.90 Å². The first-order valence-electron chi connectivity index (χ1n) is 10.3. The van der Waals surface area contributed by atoms with Gasteiger partial charge < -0.3 is 10.0 Å². The van der Waals surface area contributed by atoms with E-state index < -0.39 is 0 Å². The van der Waals surface area contributed by atoms with Gasteiger partial charge in [-0.1, -0.05) is 26.8 Å². The Labute approximate surface area is 158 Å². The number of aliphatic hydroxyl groups excluding tert-OH is 1. The Balaban J connectivity index is 1.58. The summed E-state index contributed by atoms with van der Waals surface area (Å²) in [5.41, 5.74) is 4.11. The summed E-state index contributed by atoms with van der Waals surface area (Å²) in [5, 5.41) is 9.35. The lowest BCUT2D eigenvalue weighted by molar-refractivity contribution is -0.151. The van der Waals surface area contributed by atoms with Crippen molar-refractivity contribution in [3.8, 4) is 0 Å². The van der Waals surface area contributed by atoms with E-state index in [0.717, 1.165) is 19.5 Å². The Morgan fingerprint density at radius 2 is 1.96 bits per heavy atom. The molecule has 2 heterocycles. The molecular formula is C22H34N2O2. The van der Waals surface area contributed by atoms with Gasteiger partial charge in [0, 0.05) is 35.8 Å². The van der Waals surface area contributed by atoms with Crippen LogP contribution in [0.4, 0.5) is 0 Å². The number of carbonyl (C=O) groups is 1. The molecule has 1 saturated heterocycles. The summed E-state index contributed by atoms with van der Waals surface area (Å²) >= 11 is 0. The maximum atomic E-state index is 12.4. The number of likely N-dealkylation sites (tertiary alicyclic amines) is 1. The molecule has 144 valence electrons. The Hall–Kier alpha value is -1.42. The van der Waals surface area contributed by atoms with Crippen LogP contribution in [0.5, 0.6) is 0 Å². The van der Waals surface area contributed by atoms with E-state index >= 15 is 0 Å². The molecule has 26 heavy (non-hydrogen) atoms. The van der Waals surface area contributed by atoms with Crippen LogP contribution in [0.1, 0.15) is 81.7 Å². The van der Waals surface area contributed by atoms with Crippen LogP contribution in [0.3, 0.4) is 0 Å². The van der Waals surface area contributed by atoms with Gasteiger partial charge in [-0.15, -0.1) is 0 Å². The summed E-state index contributed by atoms with van der Waals surface area (Å²) in [4.78, 5) is 19.3. The van der Waals surface area contributed by atoms with E-state index in [0.29, 0.717) is 17.3 Å². The number of nitrogens with zero attached hydrogens (tertiary/aromatic N) is 2. The van der Waals surface area contributed by atoms with Crippen LogP contribution < -0.4 is 0 Å². The van der Waals surface area contributed by atoms with Gasteiger partial charge >= 0.3 is 0 Å². The fourth-order valence-electron chi connectivity index (χ4n) is 4.77. The number of hydrogen-bond donors (Lipinski definition) is 1. The van der Waals surface area contributed by atoms with Gasteiger partial charge in [-0.2, -0.15) is 0 Å². The second-order valence-electron chi connectivity index (χ2n) is 8.85. The normalized spacial score (nSPS) is 21.1. The van der Waals surface area contributed by atoms with Gasteiger partial charge in [-0.25, -0.2) is 0 Å². The lowest BCUT2D eigenvalue weighted by Crippen LogP contribution is -2.60. The summed E-state index contributed by atoms with van der Waals surface area (Å²) in [7, 11) is 0. The number of amides is 1. The van der Waals surface area contributed by atoms with Gasteiger partial charge in [0.2, 0.25) is 5.91 Å². The first-order chi connectivity index (χ1) is 12.4. The molecule has 2 aliphatic rings. The van der Waals surface area contributed by atoms with Crippen LogP contribution >= 0.6 is 0 Å². The largest absolute Gasteiger partial charge is 0.396 e. The van der Waals surface area contributed by atoms with Crippen molar-refractivity contribution in [2.75, 3.05) is 19.7 Å². The van der Waals surface area contributed by atoms with Gasteiger partial charge in [-0.3, -0.25) is 9.78 Å².